The second-order valence-electron chi connectivity index (χ2n) is 4.77. The fourth-order valence-electron chi connectivity index (χ4n) is 1.75. The van der Waals surface area contributed by atoms with E-state index in [0.717, 1.165) is 6.42 Å². The molecule has 0 saturated heterocycles. The minimum atomic E-state index is -3.67. The van der Waals surface area contributed by atoms with E-state index in [2.05, 4.69) is 0 Å². The number of nitrogens with zero attached hydrogens (tertiary/aromatic N) is 1. The SMILES string of the molecule is CC(C)CC(C)N(C)S(=O)(=O)c1ccc(C=O)o1. The fourth-order valence-corrected chi connectivity index (χ4v) is 3.03. The van der Waals surface area contributed by atoms with E-state index in [1.165, 1.54) is 23.5 Å². The summed E-state index contributed by atoms with van der Waals surface area (Å²) < 4.78 is 30.7. The first-order valence-corrected chi connectivity index (χ1v) is 7.26. The molecule has 1 rings (SSSR count). The summed E-state index contributed by atoms with van der Waals surface area (Å²) in [5, 5.41) is -0.192. The van der Waals surface area contributed by atoms with E-state index < -0.39 is 10.0 Å². The third kappa shape index (κ3) is 3.20. The van der Waals surface area contributed by atoms with Crippen LogP contribution in [-0.2, 0) is 10.0 Å². The van der Waals surface area contributed by atoms with Crippen LogP contribution in [0, 0.1) is 5.92 Å². The van der Waals surface area contributed by atoms with Gasteiger partial charge in [-0.05, 0) is 31.4 Å². The van der Waals surface area contributed by atoms with Crippen molar-refractivity contribution < 1.29 is 17.6 Å². The summed E-state index contributed by atoms with van der Waals surface area (Å²) in [5.41, 5.74) is 0. The molecule has 0 aromatic carbocycles. The van der Waals surface area contributed by atoms with Crippen molar-refractivity contribution in [3.63, 3.8) is 0 Å². The molecule has 0 radical (unpaired) electrons. The molecule has 18 heavy (non-hydrogen) atoms. The summed E-state index contributed by atoms with van der Waals surface area (Å²) in [7, 11) is -2.15. The van der Waals surface area contributed by atoms with Gasteiger partial charge in [-0.1, -0.05) is 13.8 Å². The first kappa shape index (κ1) is 14.9. The number of rotatable bonds is 6. The Balaban J connectivity index is 2.95. The second kappa shape index (κ2) is 5.67. The average molecular weight is 273 g/mol. The Morgan fingerprint density at radius 3 is 2.39 bits per heavy atom. The standard InChI is InChI=1S/C12H19NO4S/c1-9(2)7-10(3)13(4)18(15,16)12-6-5-11(8-14)17-12/h5-6,8-10H,7H2,1-4H3. The van der Waals surface area contributed by atoms with Crippen LogP contribution in [0.3, 0.4) is 0 Å². The predicted octanol–water partition coefficient (Wildman–Crippen LogP) is 2.15. The van der Waals surface area contributed by atoms with Crippen molar-refractivity contribution in [2.24, 2.45) is 5.92 Å². The zero-order chi connectivity index (χ0) is 13.9. The summed E-state index contributed by atoms with van der Waals surface area (Å²) in [5.74, 6) is 0.415. The molecule has 1 aromatic rings. The van der Waals surface area contributed by atoms with Gasteiger partial charge in [0.05, 0.1) is 0 Å². The third-order valence-corrected chi connectivity index (χ3v) is 4.63. The quantitative estimate of drug-likeness (QED) is 0.745. The van der Waals surface area contributed by atoms with Crippen molar-refractivity contribution in [3.05, 3.63) is 17.9 Å². The molecule has 1 atom stereocenters. The van der Waals surface area contributed by atoms with Crippen molar-refractivity contribution in [2.75, 3.05) is 7.05 Å². The lowest BCUT2D eigenvalue weighted by Gasteiger charge is -2.24. The van der Waals surface area contributed by atoms with E-state index in [-0.39, 0.29) is 16.9 Å². The Morgan fingerprint density at radius 2 is 1.94 bits per heavy atom. The van der Waals surface area contributed by atoms with E-state index in [1.54, 1.807) is 0 Å². The van der Waals surface area contributed by atoms with Crippen LogP contribution in [0.4, 0.5) is 0 Å². The normalized spacial score (nSPS) is 14.1. The van der Waals surface area contributed by atoms with Crippen molar-refractivity contribution in [1.82, 2.24) is 4.31 Å². The second-order valence-corrected chi connectivity index (χ2v) is 6.70. The van der Waals surface area contributed by atoms with E-state index in [0.29, 0.717) is 12.2 Å². The van der Waals surface area contributed by atoms with Crippen molar-refractivity contribution in [2.45, 2.75) is 38.3 Å². The monoisotopic (exact) mass is 273 g/mol. The number of aldehydes is 1. The van der Waals surface area contributed by atoms with Gasteiger partial charge in [-0.3, -0.25) is 4.79 Å². The van der Waals surface area contributed by atoms with Gasteiger partial charge >= 0.3 is 0 Å². The van der Waals surface area contributed by atoms with Gasteiger partial charge in [0.25, 0.3) is 10.0 Å². The molecule has 0 saturated carbocycles. The number of carbonyl (C=O) groups is 1. The maximum absolute atomic E-state index is 12.2. The van der Waals surface area contributed by atoms with E-state index in [9.17, 15) is 13.2 Å². The molecule has 0 fully saturated rings. The van der Waals surface area contributed by atoms with Crippen molar-refractivity contribution in [3.8, 4) is 0 Å². The lowest BCUT2D eigenvalue weighted by atomic mass is 10.1. The van der Waals surface area contributed by atoms with Crippen LogP contribution < -0.4 is 0 Å². The largest absolute Gasteiger partial charge is 0.440 e. The van der Waals surface area contributed by atoms with Gasteiger partial charge in [0.2, 0.25) is 5.09 Å². The van der Waals surface area contributed by atoms with Gasteiger partial charge in [-0.2, -0.15) is 4.31 Å². The molecule has 5 nitrogen and oxygen atoms in total. The molecule has 6 heteroatoms. The van der Waals surface area contributed by atoms with Crippen LogP contribution in [0.1, 0.15) is 37.7 Å². The highest BCUT2D eigenvalue weighted by Gasteiger charge is 2.28. The molecular formula is C12H19NO4S. The highest BCUT2D eigenvalue weighted by atomic mass is 32.2. The molecule has 102 valence electrons. The number of carbonyl (C=O) groups excluding carboxylic acids is 1. The Hall–Kier alpha value is -1.14. The lowest BCUT2D eigenvalue weighted by molar-refractivity contribution is 0.109. The van der Waals surface area contributed by atoms with E-state index in [4.69, 9.17) is 4.42 Å². The topological polar surface area (TPSA) is 67.6 Å². The smallest absolute Gasteiger partial charge is 0.276 e. The molecule has 0 amide bonds. The van der Waals surface area contributed by atoms with Crippen LogP contribution in [0.2, 0.25) is 0 Å². The van der Waals surface area contributed by atoms with Gasteiger partial charge < -0.3 is 4.42 Å². The molecular weight excluding hydrogens is 254 g/mol. The maximum Gasteiger partial charge on any atom is 0.276 e. The van der Waals surface area contributed by atoms with Gasteiger partial charge in [-0.25, -0.2) is 8.42 Å². The molecule has 0 N–H and O–H groups in total. The van der Waals surface area contributed by atoms with Crippen LogP contribution in [0.5, 0.6) is 0 Å². The average Bonchev–Trinajstić information content (AvgIpc) is 2.76. The maximum atomic E-state index is 12.2. The Kier molecular flexibility index (Phi) is 4.70. The first-order chi connectivity index (χ1) is 8.28. The first-order valence-electron chi connectivity index (χ1n) is 5.82. The Morgan fingerprint density at radius 1 is 1.33 bits per heavy atom. The molecule has 0 spiro atoms. The van der Waals surface area contributed by atoms with Gasteiger partial charge in [0, 0.05) is 13.1 Å². The molecule has 1 heterocycles. The highest BCUT2D eigenvalue weighted by molar-refractivity contribution is 7.89. The number of sulfonamides is 1. The number of hydrogen-bond donors (Lipinski definition) is 0. The minimum Gasteiger partial charge on any atom is -0.440 e. The van der Waals surface area contributed by atoms with E-state index >= 15 is 0 Å². The van der Waals surface area contributed by atoms with Gasteiger partial charge in [0.15, 0.2) is 12.0 Å². The van der Waals surface area contributed by atoms with Crippen LogP contribution in [-0.4, -0.2) is 32.1 Å². The fraction of sp³-hybridized carbons (Fsp3) is 0.583. The summed E-state index contributed by atoms with van der Waals surface area (Å²) in [4.78, 5) is 10.5. The van der Waals surface area contributed by atoms with Gasteiger partial charge in [-0.15, -0.1) is 0 Å². The van der Waals surface area contributed by atoms with Gasteiger partial charge in [0.1, 0.15) is 0 Å². The summed E-state index contributed by atoms with van der Waals surface area (Å²) in [6.45, 7) is 5.92. The zero-order valence-electron chi connectivity index (χ0n) is 11.1. The highest BCUT2D eigenvalue weighted by Crippen LogP contribution is 2.21. The Bertz CT molecular complexity index is 504. The lowest BCUT2D eigenvalue weighted by Crippen LogP contribution is -2.35. The Labute approximate surface area is 108 Å². The summed E-state index contributed by atoms with van der Waals surface area (Å²) >= 11 is 0. The zero-order valence-corrected chi connectivity index (χ0v) is 11.9. The number of hydrogen-bond acceptors (Lipinski definition) is 4. The van der Waals surface area contributed by atoms with Crippen LogP contribution in [0.15, 0.2) is 21.6 Å². The molecule has 0 bridgehead atoms. The van der Waals surface area contributed by atoms with Crippen LogP contribution >= 0.6 is 0 Å². The summed E-state index contributed by atoms with van der Waals surface area (Å²) in [6.07, 6.45) is 1.24. The summed E-state index contributed by atoms with van der Waals surface area (Å²) in [6, 6.07) is 2.53. The van der Waals surface area contributed by atoms with E-state index in [1.807, 2.05) is 20.8 Å². The molecule has 0 aliphatic carbocycles. The third-order valence-electron chi connectivity index (χ3n) is 2.78. The molecule has 1 aromatic heterocycles. The molecule has 1 unspecified atom stereocenters. The minimum absolute atomic E-state index is 0.0125. The predicted molar refractivity (Wildman–Crippen MR) is 68.0 cm³/mol. The van der Waals surface area contributed by atoms with Crippen LogP contribution in [0.25, 0.3) is 0 Å². The van der Waals surface area contributed by atoms with Crippen molar-refractivity contribution >= 4 is 16.3 Å². The molecule has 0 aliphatic heterocycles. The number of furan rings is 1. The molecule has 0 aliphatic rings. The van der Waals surface area contributed by atoms with Crippen molar-refractivity contribution in [1.29, 1.82) is 0 Å².